The van der Waals surface area contributed by atoms with Crippen molar-refractivity contribution in [2.45, 2.75) is 6.92 Å². The van der Waals surface area contributed by atoms with Gasteiger partial charge in [-0.1, -0.05) is 0 Å². The second kappa shape index (κ2) is 8.42. The van der Waals surface area contributed by atoms with Gasteiger partial charge in [-0.3, -0.25) is 14.7 Å². The molecule has 0 unspecified atom stereocenters. The van der Waals surface area contributed by atoms with Crippen LogP contribution in [0, 0.1) is 12.7 Å². The number of ether oxygens (including phenoxy) is 1. The van der Waals surface area contributed by atoms with E-state index in [9.17, 15) is 14.0 Å². The molecule has 0 bridgehead atoms. The number of halogens is 1. The van der Waals surface area contributed by atoms with E-state index in [-0.39, 0.29) is 17.4 Å². The van der Waals surface area contributed by atoms with Crippen molar-refractivity contribution in [3.8, 4) is 5.69 Å². The molecule has 1 aromatic carbocycles. The van der Waals surface area contributed by atoms with Crippen molar-refractivity contribution in [2.75, 3.05) is 24.4 Å². The number of fused-ring (bicyclic) bond motifs is 1. The number of imidazole rings is 1. The summed E-state index contributed by atoms with van der Waals surface area (Å²) in [4.78, 5) is 38.7. The zero-order valence-electron chi connectivity index (χ0n) is 17.5. The largest absolute Gasteiger partial charge is 0.453 e. The lowest BCUT2D eigenvalue weighted by molar-refractivity contribution is 0.0988. The number of benzene rings is 1. The predicted molar refractivity (Wildman–Crippen MR) is 117 cm³/mol. The van der Waals surface area contributed by atoms with Crippen molar-refractivity contribution in [2.24, 2.45) is 0 Å². The number of rotatable bonds is 4. The molecule has 0 atom stereocenters. The molecule has 0 saturated carbocycles. The number of anilines is 2. The Bertz CT molecular complexity index is 1320. The Balaban J connectivity index is 1.64. The van der Waals surface area contributed by atoms with Crippen LogP contribution in [0.3, 0.4) is 0 Å². The molecular formula is C22H19FN6O3. The van der Waals surface area contributed by atoms with E-state index in [1.165, 1.54) is 24.3 Å². The first-order valence-corrected chi connectivity index (χ1v) is 9.57. The Morgan fingerprint density at radius 1 is 1.12 bits per heavy atom. The van der Waals surface area contributed by atoms with Gasteiger partial charge in [0.2, 0.25) is 0 Å². The number of hydrogen-bond donors (Lipinski definition) is 1. The lowest BCUT2D eigenvalue weighted by atomic mass is 10.2. The molecular weight excluding hydrogens is 415 g/mol. The second-order valence-corrected chi connectivity index (χ2v) is 6.97. The Morgan fingerprint density at radius 3 is 2.62 bits per heavy atom. The number of aryl methyl sites for hydroxylation is 1. The fraction of sp³-hybridized carbons (Fsp3) is 0.136. The van der Waals surface area contributed by atoms with Crippen LogP contribution < -0.4 is 10.2 Å². The summed E-state index contributed by atoms with van der Waals surface area (Å²) < 4.78 is 19.8. The SMILES string of the molecule is COC(=O)Nc1ccc(-n2cnc3ccc(C(=O)N(C)c4ccc(F)c(C)c4)nc32)cn1. The number of carbonyl (C=O) groups excluding carboxylic acids is 2. The van der Waals surface area contributed by atoms with E-state index in [0.717, 1.165) is 0 Å². The Hall–Kier alpha value is -4.34. The van der Waals surface area contributed by atoms with Crippen molar-refractivity contribution < 1.29 is 18.7 Å². The third kappa shape index (κ3) is 3.97. The lowest BCUT2D eigenvalue weighted by Gasteiger charge is -2.17. The van der Waals surface area contributed by atoms with Crippen LogP contribution in [-0.2, 0) is 4.74 Å². The summed E-state index contributed by atoms with van der Waals surface area (Å²) in [6.45, 7) is 1.64. The van der Waals surface area contributed by atoms with Gasteiger partial charge in [0.25, 0.3) is 5.91 Å². The van der Waals surface area contributed by atoms with Crippen molar-refractivity contribution in [1.82, 2.24) is 19.5 Å². The van der Waals surface area contributed by atoms with Crippen LogP contribution in [0.15, 0.2) is 55.0 Å². The van der Waals surface area contributed by atoms with Gasteiger partial charge in [0, 0.05) is 12.7 Å². The maximum atomic E-state index is 13.6. The number of nitrogens with zero attached hydrogens (tertiary/aromatic N) is 5. The smallest absolute Gasteiger partial charge is 0.412 e. The number of amides is 2. The van der Waals surface area contributed by atoms with Crippen molar-refractivity contribution >= 4 is 34.7 Å². The average Bonchev–Trinajstić information content (AvgIpc) is 3.23. The minimum Gasteiger partial charge on any atom is -0.453 e. The first kappa shape index (κ1) is 20.9. The molecule has 0 aliphatic heterocycles. The summed E-state index contributed by atoms with van der Waals surface area (Å²) in [5, 5.41) is 2.47. The minimum absolute atomic E-state index is 0.209. The van der Waals surface area contributed by atoms with E-state index in [4.69, 9.17) is 0 Å². The molecule has 0 aliphatic rings. The summed E-state index contributed by atoms with van der Waals surface area (Å²) in [6.07, 6.45) is 2.49. The van der Waals surface area contributed by atoms with Gasteiger partial charge in [-0.15, -0.1) is 0 Å². The zero-order chi connectivity index (χ0) is 22.8. The normalized spacial score (nSPS) is 10.8. The summed E-state index contributed by atoms with van der Waals surface area (Å²) in [5.74, 6) is -0.356. The highest BCUT2D eigenvalue weighted by molar-refractivity contribution is 6.05. The third-order valence-electron chi connectivity index (χ3n) is 4.89. The van der Waals surface area contributed by atoms with Gasteiger partial charge < -0.3 is 9.64 Å². The van der Waals surface area contributed by atoms with E-state index in [1.54, 1.807) is 61.3 Å². The Kier molecular flexibility index (Phi) is 5.50. The highest BCUT2D eigenvalue weighted by Crippen LogP contribution is 2.21. The fourth-order valence-corrected chi connectivity index (χ4v) is 3.09. The van der Waals surface area contributed by atoms with Gasteiger partial charge >= 0.3 is 6.09 Å². The van der Waals surface area contributed by atoms with E-state index >= 15 is 0 Å². The number of methoxy groups -OCH3 is 1. The van der Waals surface area contributed by atoms with E-state index < -0.39 is 6.09 Å². The van der Waals surface area contributed by atoms with Crippen LogP contribution in [0.1, 0.15) is 16.1 Å². The second-order valence-electron chi connectivity index (χ2n) is 6.97. The van der Waals surface area contributed by atoms with Crippen LogP contribution in [-0.4, -0.2) is 45.7 Å². The zero-order valence-corrected chi connectivity index (χ0v) is 17.5. The first-order valence-electron chi connectivity index (χ1n) is 9.57. The molecule has 2 amide bonds. The lowest BCUT2D eigenvalue weighted by Crippen LogP contribution is -2.27. The molecule has 0 aliphatic carbocycles. The van der Waals surface area contributed by atoms with Crippen molar-refractivity contribution in [3.05, 3.63) is 72.1 Å². The number of pyridine rings is 2. The highest BCUT2D eigenvalue weighted by atomic mass is 19.1. The average molecular weight is 434 g/mol. The summed E-state index contributed by atoms with van der Waals surface area (Å²) >= 11 is 0. The molecule has 9 nitrogen and oxygen atoms in total. The van der Waals surface area contributed by atoms with Crippen LogP contribution in [0.4, 0.5) is 20.7 Å². The molecule has 4 rings (SSSR count). The quantitative estimate of drug-likeness (QED) is 0.525. The molecule has 0 fully saturated rings. The minimum atomic E-state index is -0.622. The number of nitrogens with one attached hydrogen (secondary N) is 1. The maximum absolute atomic E-state index is 13.6. The molecule has 10 heteroatoms. The van der Waals surface area contributed by atoms with Gasteiger partial charge in [-0.2, -0.15) is 0 Å². The van der Waals surface area contributed by atoms with E-state index in [0.29, 0.717) is 33.9 Å². The van der Waals surface area contributed by atoms with Crippen LogP contribution in [0.5, 0.6) is 0 Å². The van der Waals surface area contributed by atoms with E-state index in [1.807, 2.05) is 0 Å². The van der Waals surface area contributed by atoms with Gasteiger partial charge in [0.1, 0.15) is 29.2 Å². The molecule has 0 saturated heterocycles. The number of hydrogen-bond acceptors (Lipinski definition) is 6. The Morgan fingerprint density at radius 2 is 1.94 bits per heavy atom. The number of aromatic nitrogens is 4. The summed E-state index contributed by atoms with van der Waals surface area (Å²) in [6, 6.07) is 11.1. The predicted octanol–water partition coefficient (Wildman–Crippen LogP) is 3.72. The molecule has 0 spiro atoms. The molecule has 4 aromatic rings. The van der Waals surface area contributed by atoms with Crippen LogP contribution in [0.2, 0.25) is 0 Å². The molecule has 3 heterocycles. The maximum Gasteiger partial charge on any atom is 0.412 e. The topological polar surface area (TPSA) is 102 Å². The first-order chi connectivity index (χ1) is 15.4. The van der Waals surface area contributed by atoms with Gasteiger partial charge in [-0.05, 0) is 55.0 Å². The molecule has 1 N–H and O–H groups in total. The summed E-state index contributed by atoms with van der Waals surface area (Å²) in [7, 11) is 2.87. The Labute approximate surface area is 182 Å². The number of carbonyl (C=O) groups is 2. The molecule has 3 aromatic heterocycles. The summed E-state index contributed by atoms with van der Waals surface area (Å²) in [5.41, 5.74) is 2.92. The highest BCUT2D eigenvalue weighted by Gasteiger charge is 2.18. The van der Waals surface area contributed by atoms with Gasteiger partial charge in [0.15, 0.2) is 5.65 Å². The van der Waals surface area contributed by atoms with E-state index in [2.05, 4.69) is 25.0 Å². The molecule has 32 heavy (non-hydrogen) atoms. The van der Waals surface area contributed by atoms with Crippen molar-refractivity contribution in [1.29, 1.82) is 0 Å². The third-order valence-corrected chi connectivity index (χ3v) is 4.89. The fourth-order valence-electron chi connectivity index (χ4n) is 3.09. The van der Waals surface area contributed by atoms with Gasteiger partial charge in [0.05, 0.1) is 19.0 Å². The molecule has 0 radical (unpaired) electrons. The molecule has 162 valence electrons. The van der Waals surface area contributed by atoms with Gasteiger partial charge in [-0.25, -0.2) is 24.1 Å². The van der Waals surface area contributed by atoms with Crippen LogP contribution in [0.25, 0.3) is 16.9 Å². The van der Waals surface area contributed by atoms with Crippen molar-refractivity contribution in [3.63, 3.8) is 0 Å². The standard InChI is InChI=1S/C22H19FN6O3/c1-13-10-14(4-6-16(13)23)28(2)21(30)18-8-7-17-20(26-18)29(12-25-17)15-5-9-19(24-11-15)27-22(31)32-3/h4-12H,1-3H3,(H,24,27,31). The van der Waals surface area contributed by atoms with Crippen LogP contribution >= 0.6 is 0 Å². The monoisotopic (exact) mass is 434 g/mol.